The summed E-state index contributed by atoms with van der Waals surface area (Å²) in [6, 6.07) is 13.5. The van der Waals surface area contributed by atoms with Crippen LogP contribution in [0.25, 0.3) is 0 Å². The Morgan fingerprint density at radius 3 is 2.62 bits per heavy atom. The number of rotatable bonds is 9. The minimum Gasteiger partial charge on any atom is -0.485 e. The summed E-state index contributed by atoms with van der Waals surface area (Å²) in [6.07, 6.45) is 3.98. The Kier molecular flexibility index (Phi) is 8.61. The van der Waals surface area contributed by atoms with Crippen molar-refractivity contribution in [2.75, 3.05) is 5.32 Å². The molecule has 1 aliphatic rings. The van der Waals surface area contributed by atoms with Gasteiger partial charge >= 0.3 is 0 Å². The van der Waals surface area contributed by atoms with Gasteiger partial charge in [0, 0.05) is 22.2 Å². The van der Waals surface area contributed by atoms with Crippen LogP contribution in [-0.4, -0.2) is 34.9 Å². The van der Waals surface area contributed by atoms with Crippen molar-refractivity contribution < 1.29 is 19.4 Å². The summed E-state index contributed by atoms with van der Waals surface area (Å²) in [5.41, 5.74) is 8.17. The average molecular weight is 527 g/mol. The molecule has 0 fully saturated rings. The van der Waals surface area contributed by atoms with Gasteiger partial charge in [-0.05, 0) is 60.5 Å². The van der Waals surface area contributed by atoms with Crippen LogP contribution in [0.3, 0.4) is 0 Å². The highest BCUT2D eigenvalue weighted by Crippen LogP contribution is 2.29. The Balaban J connectivity index is 1.49. The highest BCUT2D eigenvalue weighted by Gasteiger charge is 2.22. The fraction of sp³-hybridized carbons (Fsp3) is 0.240. The molecule has 178 valence electrons. The number of halogens is 1. The van der Waals surface area contributed by atoms with Crippen LogP contribution in [0.1, 0.15) is 30.9 Å². The zero-order valence-corrected chi connectivity index (χ0v) is 20.3. The number of hydrogen-bond acceptors (Lipinski definition) is 5. The Bertz CT molecular complexity index is 1130. The van der Waals surface area contributed by atoms with Crippen LogP contribution in [-0.2, 0) is 16.2 Å². The van der Waals surface area contributed by atoms with Gasteiger partial charge in [-0.25, -0.2) is 0 Å². The van der Waals surface area contributed by atoms with E-state index in [1.807, 2.05) is 37.3 Å². The van der Waals surface area contributed by atoms with Gasteiger partial charge in [0.15, 0.2) is 0 Å². The van der Waals surface area contributed by atoms with Crippen molar-refractivity contribution in [2.24, 2.45) is 5.73 Å². The van der Waals surface area contributed by atoms with E-state index in [1.54, 1.807) is 30.3 Å². The van der Waals surface area contributed by atoms with Crippen molar-refractivity contribution >= 4 is 39.3 Å². The molecule has 0 radical (unpaired) electrons. The van der Waals surface area contributed by atoms with E-state index in [9.17, 15) is 14.7 Å². The number of anilines is 1. The van der Waals surface area contributed by atoms with Gasteiger partial charge in [0.05, 0.1) is 12.6 Å². The Morgan fingerprint density at radius 2 is 1.97 bits per heavy atom. The Labute approximate surface area is 206 Å². The van der Waals surface area contributed by atoms with Crippen LogP contribution in [0.4, 0.5) is 5.69 Å². The summed E-state index contributed by atoms with van der Waals surface area (Å²) in [5.74, 6) is -0.219. The molecule has 0 spiro atoms. The number of carbonyl (C=O) groups is 2. The Hall–Kier alpha value is -3.43. The number of nitrogens with one attached hydrogen (secondary N) is 3. The van der Waals surface area contributed by atoms with Crippen molar-refractivity contribution in [3.63, 3.8) is 0 Å². The number of nitrogens with two attached hydrogens (primary N) is 1. The molecule has 34 heavy (non-hydrogen) atoms. The lowest BCUT2D eigenvalue weighted by molar-refractivity contribution is -0.127. The maximum atomic E-state index is 12.4. The van der Waals surface area contributed by atoms with Gasteiger partial charge in [0.25, 0.3) is 0 Å². The summed E-state index contributed by atoms with van der Waals surface area (Å²) in [7, 11) is 0. The van der Waals surface area contributed by atoms with Crippen molar-refractivity contribution in [1.29, 1.82) is 5.41 Å². The quantitative estimate of drug-likeness (QED) is 0.194. The minimum absolute atomic E-state index is 0.0513. The summed E-state index contributed by atoms with van der Waals surface area (Å²) in [5, 5.41) is 22.2. The smallest absolute Gasteiger partial charge is 0.233 e. The molecule has 0 bridgehead atoms. The molecule has 3 rings (SSSR count). The van der Waals surface area contributed by atoms with E-state index in [-0.39, 0.29) is 31.0 Å². The molecule has 2 atom stereocenters. The van der Waals surface area contributed by atoms with Crippen LogP contribution in [0.5, 0.6) is 5.75 Å². The van der Waals surface area contributed by atoms with Gasteiger partial charge in [0.2, 0.25) is 11.8 Å². The number of aliphatic hydroxyl groups is 1. The lowest BCUT2D eigenvalue weighted by atomic mass is 9.99. The maximum Gasteiger partial charge on any atom is 0.233 e. The van der Waals surface area contributed by atoms with Gasteiger partial charge in [-0.15, -0.1) is 0 Å². The topological polar surface area (TPSA) is 138 Å². The van der Waals surface area contributed by atoms with Gasteiger partial charge in [-0.1, -0.05) is 34.1 Å². The predicted octanol–water partition coefficient (Wildman–Crippen LogP) is 3.35. The van der Waals surface area contributed by atoms with E-state index in [0.29, 0.717) is 23.4 Å². The van der Waals surface area contributed by atoms with Crippen LogP contribution in [0.15, 0.2) is 70.7 Å². The van der Waals surface area contributed by atoms with Gasteiger partial charge in [-0.2, -0.15) is 0 Å². The standard InChI is InChI=1S/C25H27BrN4O4/c1-15(29-23(32)13-24(33)30-19-8-5-17(6-9-19)25(27)28)18-7-10-22(21(26)12-18)34-20-4-2-3-16(11-20)14-31/h2-9,11-12,15,22,31H,10,13-14H2,1H3,(H3,27,28)(H,29,32)(H,30,33). The minimum atomic E-state index is -0.437. The van der Waals surface area contributed by atoms with Crippen molar-refractivity contribution in [3.8, 4) is 5.75 Å². The Morgan fingerprint density at radius 1 is 1.24 bits per heavy atom. The first-order valence-corrected chi connectivity index (χ1v) is 11.5. The predicted molar refractivity (Wildman–Crippen MR) is 135 cm³/mol. The maximum absolute atomic E-state index is 12.4. The molecule has 0 aliphatic heterocycles. The largest absolute Gasteiger partial charge is 0.485 e. The van der Waals surface area contributed by atoms with E-state index in [1.165, 1.54) is 0 Å². The molecule has 0 saturated heterocycles. The zero-order valence-electron chi connectivity index (χ0n) is 18.7. The first kappa shape index (κ1) is 25.2. The molecule has 0 aromatic heterocycles. The number of benzene rings is 2. The second-order valence-corrected chi connectivity index (χ2v) is 8.80. The molecule has 6 N–H and O–H groups in total. The second-order valence-electron chi connectivity index (χ2n) is 7.89. The molecular weight excluding hydrogens is 500 g/mol. The molecule has 2 unspecified atom stereocenters. The third kappa shape index (κ3) is 7.03. The number of hydrogen-bond donors (Lipinski definition) is 5. The summed E-state index contributed by atoms with van der Waals surface area (Å²) in [4.78, 5) is 24.6. The van der Waals surface area contributed by atoms with Gasteiger partial charge in [-0.3, -0.25) is 15.0 Å². The number of carbonyl (C=O) groups excluding carboxylic acids is 2. The van der Waals surface area contributed by atoms with Crippen LogP contribution in [0, 0.1) is 5.41 Å². The monoisotopic (exact) mass is 526 g/mol. The van der Waals surface area contributed by atoms with Crippen molar-refractivity contribution in [1.82, 2.24) is 5.32 Å². The van der Waals surface area contributed by atoms with E-state index >= 15 is 0 Å². The van der Waals surface area contributed by atoms with Gasteiger partial charge in [0.1, 0.15) is 24.1 Å². The number of amides is 2. The van der Waals surface area contributed by atoms with E-state index < -0.39 is 11.8 Å². The molecule has 2 aromatic rings. The highest BCUT2D eigenvalue weighted by molar-refractivity contribution is 9.11. The van der Waals surface area contributed by atoms with Crippen LogP contribution in [0.2, 0.25) is 0 Å². The van der Waals surface area contributed by atoms with E-state index in [2.05, 4.69) is 26.6 Å². The molecule has 8 nitrogen and oxygen atoms in total. The van der Waals surface area contributed by atoms with Gasteiger partial charge < -0.3 is 26.2 Å². The number of amidine groups is 1. The highest BCUT2D eigenvalue weighted by atomic mass is 79.9. The second kappa shape index (κ2) is 11.6. The van der Waals surface area contributed by atoms with Crippen LogP contribution < -0.4 is 21.1 Å². The van der Waals surface area contributed by atoms with Crippen LogP contribution >= 0.6 is 15.9 Å². The van der Waals surface area contributed by atoms with Crippen molar-refractivity contribution in [2.45, 2.75) is 38.5 Å². The molecule has 2 aromatic carbocycles. The van der Waals surface area contributed by atoms with E-state index in [0.717, 1.165) is 15.6 Å². The summed E-state index contributed by atoms with van der Waals surface area (Å²) >= 11 is 3.56. The van der Waals surface area contributed by atoms with E-state index in [4.69, 9.17) is 15.9 Å². The fourth-order valence-electron chi connectivity index (χ4n) is 3.41. The number of aliphatic hydroxyl groups excluding tert-OH is 1. The third-order valence-corrected chi connectivity index (χ3v) is 5.96. The zero-order chi connectivity index (χ0) is 24.7. The molecular formula is C25H27BrN4O4. The third-order valence-electron chi connectivity index (χ3n) is 5.22. The SMILES string of the molecule is CC(NC(=O)CC(=O)Nc1ccc(C(=N)N)cc1)C1=CCC(Oc2cccc(CO)c2)C(Br)=C1. The lowest BCUT2D eigenvalue weighted by Crippen LogP contribution is -2.36. The molecule has 0 saturated carbocycles. The first-order chi connectivity index (χ1) is 16.2. The molecule has 1 aliphatic carbocycles. The first-order valence-electron chi connectivity index (χ1n) is 10.7. The summed E-state index contributed by atoms with van der Waals surface area (Å²) in [6.45, 7) is 1.80. The average Bonchev–Trinajstić information content (AvgIpc) is 2.80. The molecule has 2 amide bonds. The van der Waals surface area contributed by atoms with Crippen molar-refractivity contribution in [3.05, 3.63) is 81.9 Å². The number of nitrogen functional groups attached to an aromatic ring is 1. The normalized spacial score (nSPS) is 16.0. The molecule has 0 heterocycles. The number of ether oxygens (including phenoxy) is 1. The fourth-order valence-corrected chi connectivity index (χ4v) is 3.96. The lowest BCUT2D eigenvalue weighted by Gasteiger charge is -2.24. The molecule has 9 heteroatoms. The summed E-state index contributed by atoms with van der Waals surface area (Å²) < 4.78 is 6.86.